The largest absolute Gasteiger partial charge is 0.354 e. The summed E-state index contributed by atoms with van der Waals surface area (Å²) in [6.07, 6.45) is 3.93. The number of aromatic nitrogens is 2. The second-order valence-corrected chi connectivity index (χ2v) is 7.09. The maximum absolute atomic E-state index is 5.05. The van der Waals surface area contributed by atoms with Crippen LogP contribution in [-0.4, -0.2) is 35.6 Å². The second-order valence-electron chi connectivity index (χ2n) is 7.09. The van der Waals surface area contributed by atoms with Crippen LogP contribution in [0.4, 0.5) is 5.82 Å². The Balaban J connectivity index is 2.02. The van der Waals surface area contributed by atoms with Gasteiger partial charge in [-0.2, -0.15) is 0 Å². The van der Waals surface area contributed by atoms with Crippen LogP contribution in [-0.2, 0) is 19.3 Å². The van der Waals surface area contributed by atoms with Crippen LogP contribution in [0.25, 0.3) is 0 Å². The maximum Gasteiger partial charge on any atom is 0.136 e. The fourth-order valence-corrected chi connectivity index (χ4v) is 3.52. The molecule has 4 heteroatoms. The summed E-state index contributed by atoms with van der Waals surface area (Å²) in [6, 6.07) is 11.0. The van der Waals surface area contributed by atoms with E-state index in [1.165, 1.54) is 16.8 Å². The van der Waals surface area contributed by atoms with Crippen molar-refractivity contribution in [3.05, 3.63) is 53.0 Å². The average molecular weight is 338 g/mol. The van der Waals surface area contributed by atoms with Gasteiger partial charge in [-0.3, -0.25) is 0 Å². The summed E-state index contributed by atoms with van der Waals surface area (Å²) in [4.78, 5) is 12.5. The van der Waals surface area contributed by atoms with Gasteiger partial charge in [0, 0.05) is 37.5 Å². The van der Waals surface area contributed by atoms with Crippen molar-refractivity contribution >= 4 is 5.82 Å². The Kier molecular flexibility index (Phi) is 6.03. The minimum atomic E-state index is 0.444. The van der Waals surface area contributed by atoms with Gasteiger partial charge in [0.15, 0.2) is 0 Å². The molecule has 0 radical (unpaired) electrons. The Labute approximate surface area is 151 Å². The third-order valence-corrected chi connectivity index (χ3v) is 4.77. The molecule has 1 aromatic heterocycles. The van der Waals surface area contributed by atoms with E-state index in [2.05, 4.69) is 61.3 Å². The van der Waals surface area contributed by atoms with E-state index in [1.54, 1.807) is 0 Å². The number of fused-ring (bicyclic) bond motifs is 1. The fourth-order valence-electron chi connectivity index (χ4n) is 3.52. The zero-order chi connectivity index (χ0) is 17.6. The van der Waals surface area contributed by atoms with Gasteiger partial charge >= 0.3 is 0 Å². The average Bonchev–Trinajstić information content (AvgIpc) is 2.85. The number of benzene rings is 1. The highest BCUT2D eigenvalue weighted by Crippen LogP contribution is 2.26. The highest BCUT2D eigenvalue weighted by Gasteiger charge is 2.22. The van der Waals surface area contributed by atoms with Crippen molar-refractivity contribution in [2.75, 3.05) is 24.5 Å². The van der Waals surface area contributed by atoms with Gasteiger partial charge in [0.05, 0.1) is 5.69 Å². The van der Waals surface area contributed by atoms with Crippen LogP contribution < -0.4 is 10.2 Å². The van der Waals surface area contributed by atoms with E-state index in [1.807, 2.05) is 0 Å². The van der Waals surface area contributed by atoms with E-state index in [0.29, 0.717) is 6.04 Å². The Morgan fingerprint density at radius 1 is 1.08 bits per heavy atom. The first-order valence-corrected chi connectivity index (χ1v) is 9.59. The summed E-state index contributed by atoms with van der Waals surface area (Å²) in [7, 11) is 0. The molecule has 1 aliphatic rings. The molecule has 2 aromatic rings. The van der Waals surface area contributed by atoms with Gasteiger partial charge in [-0.25, -0.2) is 9.97 Å². The first kappa shape index (κ1) is 17.9. The van der Waals surface area contributed by atoms with Crippen LogP contribution >= 0.6 is 0 Å². The van der Waals surface area contributed by atoms with E-state index in [4.69, 9.17) is 9.97 Å². The maximum atomic E-state index is 5.05. The molecule has 1 N–H and O–H groups in total. The number of hydrogen-bond donors (Lipinski definition) is 1. The van der Waals surface area contributed by atoms with Crippen molar-refractivity contribution in [1.29, 1.82) is 0 Å². The first-order chi connectivity index (χ1) is 12.2. The molecule has 0 spiro atoms. The topological polar surface area (TPSA) is 41.1 Å². The number of hydrogen-bond acceptors (Lipinski definition) is 4. The molecule has 0 aliphatic carbocycles. The minimum absolute atomic E-state index is 0.444. The zero-order valence-corrected chi connectivity index (χ0v) is 15.8. The predicted molar refractivity (Wildman–Crippen MR) is 104 cm³/mol. The smallest absolute Gasteiger partial charge is 0.136 e. The van der Waals surface area contributed by atoms with Crippen molar-refractivity contribution < 1.29 is 0 Å². The highest BCUT2D eigenvalue weighted by atomic mass is 15.2. The van der Waals surface area contributed by atoms with Gasteiger partial charge in [-0.15, -0.1) is 0 Å². The van der Waals surface area contributed by atoms with E-state index < -0.39 is 0 Å². The first-order valence-electron chi connectivity index (χ1n) is 9.59. The quantitative estimate of drug-likeness (QED) is 0.877. The third kappa shape index (κ3) is 4.37. The Morgan fingerprint density at radius 2 is 1.84 bits per heavy atom. The molecule has 0 atom stereocenters. The number of anilines is 1. The molecule has 0 unspecified atom stereocenters. The molecule has 134 valence electrons. The lowest BCUT2D eigenvalue weighted by Gasteiger charge is -2.30. The Hall–Kier alpha value is -1.94. The molecule has 0 bridgehead atoms. The molecule has 0 saturated heterocycles. The standard InChI is InChI=1S/C21H30N4/c1-4-14-25(16(2)3)21-18-10-12-22-13-11-19(18)23-20(24-21)15-17-8-6-5-7-9-17/h5-9,16,22H,4,10-15H2,1-3H3. The van der Waals surface area contributed by atoms with Crippen LogP contribution in [0, 0.1) is 0 Å². The summed E-state index contributed by atoms with van der Waals surface area (Å²) in [5.74, 6) is 2.11. The summed E-state index contributed by atoms with van der Waals surface area (Å²) in [5.41, 5.74) is 3.86. The Bertz CT molecular complexity index is 682. The van der Waals surface area contributed by atoms with Gasteiger partial charge in [-0.05, 0) is 38.8 Å². The lowest BCUT2D eigenvalue weighted by atomic mass is 10.1. The molecular formula is C21H30N4. The number of nitrogens with zero attached hydrogens (tertiary/aromatic N) is 3. The van der Waals surface area contributed by atoms with Crippen molar-refractivity contribution in [3.8, 4) is 0 Å². The molecule has 4 nitrogen and oxygen atoms in total. The van der Waals surface area contributed by atoms with Crippen LogP contribution in [0.2, 0.25) is 0 Å². The number of rotatable bonds is 6. The van der Waals surface area contributed by atoms with Crippen molar-refractivity contribution in [1.82, 2.24) is 15.3 Å². The lowest BCUT2D eigenvalue weighted by molar-refractivity contribution is 0.651. The normalized spacial score (nSPS) is 14.2. The van der Waals surface area contributed by atoms with Crippen molar-refractivity contribution in [3.63, 3.8) is 0 Å². The molecule has 0 amide bonds. The third-order valence-electron chi connectivity index (χ3n) is 4.77. The summed E-state index contributed by atoms with van der Waals surface area (Å²) in [5, 5.41) is 3.50. The van der Waals surface area contributed by atoms with E-state index in [0.717, 1.165) is 57.0 Å². The molecule has 3 rings (SSSR count). The van der Waals surface area contributed by atoms with Crippen LogP contribution in [0.3, 0.4) is 0 Å². The molecule has 25 heavy (non-hydrogen) atoms. The predicted octanol–water partition coefficient (Wildman–Crippen LogP) is 3.38. The van der Waals surface area contributed by atoms with Gasteiger partial charge in [-0.1, -0.05) is 37.3 Å². The molecule has 2 heterocycles. The minimum Gasteiger partial charge on any atom is -0.354 e. The SMILES string of the molecule is CCCN(c1nc(Cc2ccccc2)nc2c1CCNCC2)C(C)C. The van der Waals surface area contributed by atoms with E-state index >= 15 is 0 Å². The number of nitrogens with one attached hydrogen (secondary N) is 1. The van der Waals surface area contributed by atoms with Gasteiger partial charge in [0.1, 0.15) is 11.6 Å². The zero-order valence-electron chi connectivity index (χ0n) is 15.8. The molecule has 1 aromatic carbocycles. The van der Waals surface area contributed by atoms with E-state index in [9.17, 15) is 0 Å². The molecular weight excluding hydrogens is 308 g/mol. The van der Waals surface area contributed by atoms with Crippen LogP contribution in [0.1, 0.15) is 49.8 Å². The lowest BCUT2D eigenvalue weighted by Crippen LogP contribution is -2.34. The van der Waals surface area contributed by atoms with Crippen LogP contribution in [0.5, 0.6) is 0 Å². The van der Waals surface area contributed by atoms with Gasteiger partial charge in [0.25, 0.3) is 0 Å². The summed E-state index contributed by atoms with van der Waals surface area (Å²) in [6.45, 7) is 9.82. The molecule has 0 saturated carbocycles. The second kappa shape index (κ2) is 8.43. The molecule has 1 aliphatic heterocycles. The monoisotopic (exact) mass is 338 g/mol. The molecule has 0 fully saturated rings. The van der Waals surface area contributed by atoms with Crippen LogP contribution in [0.15, 0.2) is 30.3 Å². The van der Waals surface area contributed by atoms with Gasteiger partial charge in [0.2, 0.25) is 0 Å². The Morgan fingerprint density at radius 3 is 2.56 bits per heavy atom. The highest BCUT2D eigenvalue weighted by molar-refractivity contribution is 5.51. The van der Waals surface area contributed by atoms with Crippen molar-refractivity contribution in [2.24, 2.45) is 0 Å². The fraction of sp³-hybridized carbons (Fsp3) is 0.524. The van der Waals surface area contributed by atoms with E-state index in [-0.39, 0.29) is 0 Å². The van der Waals surface area contributed by atoms with Crippen molar-refractivity contribution in [2.45, 2.75) is 52.5 Å². The summed E-state index contributed by atoms with van der Waals surface area (Å²) >= 11 is 0. The summed E-state index contributed by atoms with van der Waals surface area (Å²) < 4.78 is 0. The van der Waals surface area contributed by atoms with Gasteiger partial charge < -0.3 is 10.2 Å².